The molecule has 0 spiro atoms. The van der Waals surface area contributed by atoms with Gasteiger partial charge in [0.25, 0.3) is 11.8 Å². The van der Waals surface area contributed by atoms with Crippen molar-refractivity contribution >= 4 is 34.7 Å². The first-order valence-corrected chi connectivity index (χ1v) is 12.8. The van der Waals surface area contributed by atoms with Gasteiger partial charge in [-0.2, -0.15) is 0 Å². The zero-order valence-corrected chi connectivity index (χ0v) is 21.1. The van der Waals surface area contributed by atoms with Gasteiger partial charge in [-0.15, -0.1) is 11.3 Å². The van der Waals surface area contributed by atoms with E-state index in [1.165, 1.54) is 16.2 Å². The molecule has 0 radical (unpaired) electrons. The molecule has 0 unspecified atom stereocenters. The molecule has 2 aromatic heterocycles. The third kappa shape index (κ3) is 5.65. The maximum atomic E-state index is 13.7. The normalized spacial score (nSPS) is 14.5. The number of hydrogen-bond donors (Lipinski definition) is 2. The molecular formula is C27H31N3O4S. The molecule has 0 bridgehead atoms. The summed E-state index contributed by atoms with van der Waals surface area (Å²) in [6.45, 7) is 5.44. The molecule has 1 saturated carbocycles. The highest BCUT2D eigenvalue weighted by Gasteiger charge is 2.37. The standard InChI is InChI=1S/C27H31N3O4S/c1-17-8-6-11-21(19(17)3)30(24(31)16-28-26(32)23-12-7-15-35-23)25(22-14-13-18(2)34-22)27(33)29-20-9-4-5-10-20/h6-8,11-15,20,25H,4-5,9-10,16H2,1-3H3,(H,28,32)(H,29,33)/t25-/m0/s1. The average Bonchev–Trinajstić information content (AvgIpc) is 3.61. The number of amides is 3. The van der Waals surface area contributed by atoms with E-state index in [1.807, 2.05) is 37.4 Å². The number of thiophene rings is 1. The highest BCUT2D eigenvalue weighted by atomic mass is 32.1. The van der Waals surface area contributed by atoms with E-state index in [9.17, 15) is 14.4 Å². The van der Waals surface area contributed by atoms with E-state index in [0.717, 1.165) is 36.8 Å². The Bertz CT molecular complexity index is 1190. The fourth-order valence-electron chi connectivity index (χ4n) is 4.47. The predicted molar refractivity (Wildman–Crippen MR) is 137 cm³/mol. The summed E-state index contributed by atoms with van der Waals surface area (Å²) in [5.41, 5.74) is 2.49. The molecule has 1 aliphatic rings. The van der Waals surface area contributed by atoms with Gasteiger partial charge in [0.2, 0.25) is 5.91 Å². The lowest BCUT2D eigenvalue weighted by molar-refractivity contribution is -0.127. The molecular weight excluding hydrogens is 462 g/mol. The van der Waals surface area contributed by atoms with Gasteiger partial charge in [0.15, 0.2) is 6.04 Å². The van der Waals surface area contributed by atoms with Crippen molar-refractivity contribution in [1.29, 1.82) is 0 Å². The third-order valence-corrected chi connectivity index (χ3v) is 7.36. The number of anilines is 1. The van der Waals surface area contributed by atoms with Crippen LogP contribution in [0.5, 0.6) is 0 Å². The molecule has 0 saturated heterocycles. The van der Waals surface area contributed by atoms with Crippen molar-refractivity contribution < 1.29 is 18.8 Å². The Morgan fingerprint density at radius 1 is 1.06 bits per heavy atom. The van der Waals surface area contributed by atoms with Gasteiger partial charge in [-0.05, 0) is 74.4 Å². The van der Waals surface area contributed by atoms with Crippen molar-refractivity contribution in [1.82, 2.24) is 10.6 Å². The van der Waals surface area contributed by atoms with Gasteiger partial charge in [-0.25, -0.2) is 0 Å². The summed E-state index contributed by atoms with van der Waals surface area (Å²) in [6, 6.07) is 11.7. The zero-order valence-electron chi connectivity index (χ0n) is 20.3. The number of furan rings is 1. The van der Waals surface area contributed by atoms with E-state index >= 15 is 0 Å². The lowest BCUT2D eigenvalue weighted by atomic mass is 10.0. The Labute approximate surface area is 209 Å². The minimum absolute atomic E-state index is 0.0788. The van der Waals surface area contributed by atoms with Crippen LogP contribution in [0.4, 0.5) is 5.69 Å². The Morgan fingerprint density at radius 3 is 2.49 bits per heavy atom. The molecule has 2 N–H and O–H groups in total. The average molecular weight is 494 g/mol. The van der Waals surface area contributed by atoms with Crippen molar-refractivity contribution in [3.63, 3.8) is 0 Å². The van der Waals surface area contributed by atoms with Crippen LogP contribution in [0, 0.1) is 20.8 Å². The molecule has 0 aliphatic heterocycles. The SMILES string of the molecule is Cc1ccc([C@@H](C(=O)NC2CCCC2)N(C(=O)CNC(=O)c2cccs2)c2cccc(C)c2C)o1. The van der Waals surface area contributed by atoms with Crippen LogP contribution in [0.2, 0.25) is 0 Å². The maximum absolute atomic E-state index is 13.7. The van der Waals surface area contributed by atoms with E-state index in [0.29, 0.717) is 22.1 Å². The molecule has 184 valence electrons. The molecule has 1 atom stereocenters. The van der Waals surface area contributed by atoms with E-state index in [1.54, 1.807) is 31.2 Å². The number of aryl methyl sites for hydroxylation is 2. The number of carbonyl (C=O) groups is 3. The van der Waals surface area contributed by atoms with Gasteiger partial charge in [-0.3, -0.25) is 19.3 Å². The maximum Gasteiger partial charge on any atom is 0.261 e. The monoisotopic (exact) mass is 493 g/mol. The lowest BCUT2D eigenvalue weighted by Gasteiger charge is -2.32. The van der Waals surface area contributed by atoms with Gasteiger partial charge in [0.05, 0.1) is 11.4 Å². The topological polar surface area (TPSA) is 91.7 Å². The largest absolute Gasteiger partial charge is 0.464 e. The second-order valence-corrected chi connectivity index (χ2v) is 9.93. The number of hydrogen-bond acceptors (Lipinski definition) is 5. The third-order valence-electron chi connectivity index (χ3n) is 6.49. The van der Waals surface area contributed by atoms with Crippen molar-refractivity contribution in [3.05, 3.63) is 75.4 Å². The van der Waals surface area contributed by atoms with Gasteiger partial charge in [-0.1, -0.05) is 31.0 Å². The van der Waals surface area contributed by atoms with Crippen LogP contribution in [-0.4, -0.2) is 30.3 Å². The summed E-state index contributed by atoms with van der Waals surface area (Å²) >= 11 is 1.30. The van der Waals surface area contributed by atoms with E-state index in [4.69, 9.17) is 4.42 Å². The quantitative estimate of drug-likeness (QED) is 0.470. The number of nitrogens with zero attached hydrogens (tertiary/aromatic N) is 1. The van der Waals surface area contributed by atoms with Crippen molar-refractivity contribution in [2.75, 3.05) is 11.4 Å². The molecule has 4 rings (SSSR count). The van der Waals surface area contributed by atoms with E-state index in [-0.39, 0.29) is 24.4 Å². The molecule has 2 heterocycles. The summed E-state index contributed by atoms with van der Waals surface area (Å²) in [6.07, 6.45) is 3.99. The van der Waals surface area contributed by atoms with Crippen LogP contribution in [0.1, 0.15) is 64.0 Å². The van der Waals surface area contributed by atoms with Gasteiger partial charge in [0.1, 0.15) is 11.5 Å². The first-order valence-electron chi connectivity index (χ1n) is 11.9. The summed E-state index contributed by atoms with van der Waals surface area (Å²) in [5.74, 6) is 0.0271. The first kappa shape index (κ1) is 24.7. The summed E-state index contributed by atoms with van der Waals surface area (Å²) in [4.78, 5) is 42.0. The van der Waals surface area contributed by atoms with E-state index in [2.05, 4.69) is 10.6 Å². The highest BCUT2D eigenvalue weighted by molar-refractivity contribution is 7.12. The second kappa shape index (κ2) is 10.9. The Hall–Kier alpha value is -3.39. The smallest absolute Gasteiger partial charge is 0.261 e. The minimum atomic E-state index is -1.00. The van der Waals surface area contributed by atoms with Gasteiger partial charge < -0.3 is 15.1 Å². The number of carbonyl (C=O) groups excluding carboxylic acids is 3. The summed E-state index contributed by atoms with van der Waals surface area (Å²) in [7, 11) is 0. The lowest BCUT2D eigenvalue weighted by Crippen LogP contribution is -2.49. The van der Waals surface area contributed by atoms with Crippen LogP contribution >= 0.6 is 11.3 Å². The Morgan fingerprint density at radius 2 is 1.83 bits per heavy atom. The minimum Gasteiger partial charge on any atom is -0.464 e. The zero-order chi connectivity index (χ0) is 24.9. The van der Waals surface area contributed by atoms with Gasteiger partial charge in [0, 0.05) is 11.7 Å². The fourth-order valence-corrected chi connectivity index (χ4v) is 5.11. The van der Waals surface area contributed by atoms with Crippen LogP contribution in [-0.2, 0) is 9.59 Å². The van der Waals surface area contributed by atoms with Crippen LogP contribution in [0.25, 0.3) is 0 Å². The molecule has 3 aromatic rings. The molecule has 7 nitrogen and oxygen atoms in total. The fraction of sp³-hybridized carbons (Fsp3) is 0.370. The first-order chi connectivity index (χ1) is 16.8. The number of rotatable bonds is 8. The second-order valence-electron chi connectivity index (χ2n) is 8.98. The summed E-state index contributed by atoms with van der Waals surface area (Å²) < 4.78 is 5.90. The van der Waals surface area contributed by atoms with Crippen molar-refractivity contribution in [3.8, 4) is 0 Å². The van der Waals surface area contributed by atoms with Crippen LogP contribution in [0.15, 0.2) is 52.3 Å². The predicted octanol–water partition coefficient (Wildman–Crippen LogP) is 4.83. The molecule has 8 heteroatoms. The van der Waals surface area contributed by atoms with Crippen molar-refractivity contribution in [2.24, 2.45) is 0 Å². The molecule has 3 amide bonds. The highest BCUT2D eigenvalue weighted by Crippen LogP contribution is 2.33. The number of nitrogens with one attached hydrogen (secondary N) is 2. The number of benzene rings is 1. The van der Waals surface area contributed by atoms with Crippen molar-refractivity contribution in [2.45, 2.75) is 58.5 Å². The Balaban J connectivity index is 1.70. The van der Waals surface area contributed by atoms with Gasteiger partial charge >= 0.3 is 0 Å². The van der Waals surface area contributed by atoms with Crippen LogP contribution in [0.3, 0.4) is 0 Å². The molecule has 1 aliphatic carbocycles. The molecule has 35 heavy (non-hydrogen) atoms. The molecule has 1 aromatic carbocycles. The Kier molecular flexibility index (Phi) is 7.70. The van der Waals surface area contributed by atoms with E-state index < -0.39 is 11.9 Å². The molecule has 1 fully saturated rings. The summed E-state index contributed by atoms with van der Waals surface area (Å²) in [5, 5.41) is 7.65. The van der Waals surface area contributed by atoms with Crippen LogP contribution < -0.4 is 15.5 Å².